The smallest absolute Gasteiger partial charge is 0.242 e. The Morgan fingerprint density at radius 2 is 1.68 bits per heavy atom. The number of hydrogen-bond acceptors (Lipinski definition) is 5. The molecule has 5 nitrogen and oxygen atoms in total. The van der Waals surface area contributed by atoms with Gasteiger partial charge in [0.25, 0.3) is 0 Å². The number of rotatable bonds is 8. The van der Waals surface area contributed by atoms with E-state index < -0.39 is 6.04 Å². The van der Waals surface area contributed by atoms with Crippen molar-refractivity contribution in [2.24, 2.45) is 11.8 Å². The molecule has 0 aliphatic rings. The van der Waals surface area contributed by atoms with Gasteiger partial charge in [0.05, 0.1) is 6.04 Å². The second kappa shape index (κ2) is 9.50. The van der Waals surface area contributed by atoms with Crippen molar-refractivity contribution in [1.29, 1.82) is 0 Å². The van der Waals surface area contributed by atoms with Gasteiger partial charge in [0, 0.05) is 6.54 Å². The molecule has 0 bridgehead atoms. The zero-order chi connectivity index (χ0) is 15.0. The molecule has 0 unspecified atom stereocenters. The summed E-state index contributed by atoms with van der Waals surface area (Å²) >= 11 is 3.98. The number of hydrogen-bond donors (Lipinski definition) is 4. The van der Waals surface area contributed by atoms with Gasteiger partial charge in [-0.3, -0.25) is 9.59 Å². The molecule has 7 heteroatoms. The second-order valence-corrected chi connectivity index (χ2v) is 6.27. The van der Waals surface area contributed by atoms with Gasteiger partial charge < -0.3 is 10.6 Å². The van der Waals surface area contributed by atoms with Crippen molar-refractivity contribution in [3.8, 4) is 0 Å². The van der Waals surface area contributed by atoms with Crippen LogP contribution in [0.4, 0.5) is 0 Å². The van der Waals surface area contributed by atoms with Crippen LogP contribution in [0.3, 0.4) is 0 Å². The first-order valence-electron chi connectivity index (χ1n) is 6.43. The predicted octanol–water partition coefficient (Wildman–Crippen LogP) is 1.37. The van der Waals surface area contributed by atoms with E-state index >= 15 is 0 Å². The van der Waals surface area contributed by atoms with E-state index in [2.05, 4.69) is 27.0 Å². The summed E-state index contributed by atoms with van der Waals surface area (Å²) in [6.07, 6.45) is 0. The van der Waals surface area contributed by atoms with Crippen molar-refractivity contribution >= 4 is 34.5 Å². The lowest BCUT2D eigenvalue weighted by atomic mass is 10.0. The van der Waals surface area contributed by atoms with Crippen LogP contribution in [0.1, 0.15) is 34.6 Å². The molecule has 0 rings (SSSR count). The molecular weight excluding hydrogens is 282 g/mol. The Kier molecular flexibility index (Phi) is 9.30. The summed E-state index contributed by atoms with van der Waals surface area (Å²) in [4.78, 5) is 23.8. The van der Waals surface area contributed by atoms with E-state index in [9.17, 15) is 9.59 Å². The highest BCUT2D eigenvalue weighted by Gasteiger charge is 2.24. The van der Waals surface area contributed by atoms with E-state index in [1.165, 1.54) is 0 Å². The fraction of sp³-hybridized carbons (Fsp3) is 0.833. The van der Waals surface area contributed by atoms with Crippen molar-refractivity contribution < 1.29 is 9.59 Å². The average molecular weight is 307 g/mol. The van der Waals surface area contributed by atoms with Gasteiger partial charge >= 0.3 is 0 Å². The van der Waals surface area contributed by atoms with Crippen LogP contribution < -0.4 is 15.4 Å². The maximum absolute atomic E-state index is 12.0. The van der Waals surface area contributed by atoms with Gasteiger partial charge in [0.1, 0.15) is 6.04 Å². The Labute approximate surface area is 125 Å². The molecule has 0 aromatic carbocycles. The molecule has 0 aliphatic heterocycles. The Balaban J connectivity index is 4.32. The molecule has 2 atom stereocenters. The van der Waals surface area contributed by atoms with Crippen LogP contribution in [0, 0.1) is 11.8 Å². The van der Waals surface area contributed by atoms with Gasteiger partial charge in [-0.05, 0) is 29.7 Å². The number of nitrogens with one attached hydrogen (secondary N) is 3. The van der Waals surface area contributed by atoms with Crippen LogP contribution in [-0.2, 0) is 9.59 Å². The minimum Gasteiger partial charge on any atom is -0.354 e. The molecule has 3 N–H and O–H groups in total. The van der Waals surface area contributed by atoms with Crippen LogP contribution >= 0.6 is 22.6 Å². The minimum atomic E-state index is -0.542. The van der Waals surface area contributed by atoms with Gasteiger partial charge in [-0.2, -0.15) is 0 Å². The molecule has 0 fully saturated rings. The van der Waals surface area contributed by atoms with Crippen LogP contribution in [0.15, 0.2) is 0 Å². The zero-order valence-corrected chi connectivity index (χ0v) is 13.9. The van der Waals surface area contributed by atoms with Crippen molar-refractivity contribution in [2.45, 2.75) is 46.7 Å². The summed E-state index contributed by atoms with van der Waals surface area (Å²) < 4.78 is 2.91. The molecule has 0 aromatic rings. The maximum atomic E-state index is 12.0. The van der Waals surface area contributed by atoms with E-state index in [-0.39, 0.29) is 23.8 Å². The Hall–Kier alpha value is -0.400. The highest BCUT2D eigenvalue weighted by atomic mass is 33.1. The summed E-state index contributed by atoms with van der Waals surface area (Å²) in [5.74, 6) is 0.148. The summed E-state index contributed by atoms with van der Waals surface area (Å²) in [6.45, 7) is 10.2. The topological polar surface area (TPSA) is 70.2 Å². The van der Waals surface area contributed by atoms with Gasteiger partial charge in [-0.25, -0.2) is 4.72 Å². The Morgan fingerprint density at radius 3 is 2.11 bits per heavy atom. The highest BCUT2D eigenvalue weighted by Crippen LogP contribution is 2.09. The molecule has 2 amide bonds. The van der Waals surface area contributed by atoms with E-state index in [4.69, 9.17) is 0 Å². The highest BCUT2D eigenvalue weighted by molar-refractivity contribution is 8.67. The van der Waals surface area contributed by atoms with Crippen molar-refractivity contribution in [3.63, 3.8) is 0 Å². The summed E-state index contributed by atoms with van der Waals surface area (Å²) in [6, 6.07) is -0.915. The fourth-order valence-corrected chi connectivity index (χ4v) is 2.21. The summed E-state index contributed by atoms with van der Waals surface area (Å²) in [5.41, 5.74) is 0. The molecule has 0 spiro atoms. The average Bonchev–Trinajstić information content (AvgIpc) is 2.31. The van der Waals surface area contributed by atoms with Crippen LogP contribution in [0.2, 0.25) is 0 Å². The number of carbonyl (C=O) groups excluding carboxylic acids is 2. The van der Waals surface area contributed by atoms with Crippen molar-refractivity contribution in [1.82, 2.24) is 15.4 Å². The van der Waals surface area contributed by atoms with Crippen LogP contribution in [-0.4, -0.2) is 30.4 Å². The lowest BCUT2D eigenvalue weighted by Gasteiger charge is -2.22. The molecule has 0 saturated heterocycles. The zero-order valence-electron chi connectivity index (χ0n) is 12.2. The monoisotopic (exact) mass is 307 g/mol. The number of thiol groups is 1. The van der Waals surface area contributed by atoms with E-state index in [0.717, 1.165) is 11.0 Å². The van der Waals surface area contributed by atoms with E-state index in [0.29, 0.717) is 12.5 Å². The third-order valence-corrected chi connectivity index (χ3v) is 3.24. The SMILES string of the molecule is CC(C)CNC(=O)[C@H](C)NC(=O)[C@@H](NSS)C(C)C. The summed E-state index contributed by atoms with van der Waals surface area (Å²) in [5, 5.41) is 5.50. The van der Waals surface area contributed by atoms with Crippen molar-refractivity contribution in [2.75, 3.05) is 6.54 Å². The third-order valence-electron chi connectivity index (χ3n) is 2.57. The van der Waals surface area contributed by atoms with E-state index in [1.807, 2.05) is 27.7 Å². The largest absolute Gasteiger partial charge is 0.354 e. The molecular formula is C12H25N3O2S2. The molecule has 0 radical (unpaired) electrons. The minimum absolute atomic E-state index is 0.116. The molecule has 19 heavy (non-hydrogen) atoms. The normalized spacial score (nSPS) is 14.3. The Bertz CT molecular complexity index is 299. The molecule has 0 aromatic heterocycles. The molecule has 0 aliphatic carbocycles. The lowest BCUT2D eigenvalue weighted by molar-refractivity contribution is -0.130. The van der Waals surface area contributed by atoms with Crippen molar-refractivity contribution in [3.05, 3.63) is 0 Å². The van der Waals surface area contributed by atoms with Gasteiger partial charge in [-0.1, -0.05) is 39.4 Å². The first kappa shape index (κ1) is 18.6. The summed E-state index contributed by atoms with van der Waals surface area (Å²) in [7, 11) is 1.10. The third kappa shape index (κ3) is 7.69. The molecule has 112 valence electrons. The van der Waals surface area contributed by atoms with Gasteiger partial charge in [-0.15, -0.1) is 0 Å². The fourth-order valence-electron chi connectivity index (χ4n) is 1.38. The first-order chi connectivity index (χ1) is 8.79. The first-order valence-corrected chi connectivity index (χ1v) is 8.30. The van der Waals surface area contributed by atoms with Crippen LogP contribution in [0.25, 0.3) is 0 Å². The van der Waals surface area contributed by atoms with Gasteiger partial charge in [0.2, 0.25) is 11.8 Å². The van der Waals surface area contributed by atoms with Crippen LogP contribution in [0.5, 0.6) is 0 Å². The maximum Gasteiger partial charge on any atom is 0.242 e. The second-order valence-electron chi connectivity index (χ2n) is 5.30. The quantitative estimate of drug-likeness (QED) is 0.311. The Morgan fingerprint density at radius 1 is 1.11 bits per heavy atom. The molecule has 0 saturated carbocycles. The molecule has 0 heterocycles. The van der Waals surface area contributed by atoms with Gasteiger partial charge in [0.15, 0.2) is 0 Å². The lowest BCUT2D eigenvalue weighted by Crippen LogP contribution is -2.52. The standard InChI is InChI=1S/C12H25N3O2S2/c1-7(2)6-13-11(16)9(5)14-12(17)10(8(3)4)15-19-18/h7-10,15,18H,6H2,1-5H3,(H,13,16)(H,14,17)/t9-,10-/m0/s1. The number of carbonyl (C=O) groups is 2. The predicted molar refractivity (Wildman–Crippen MR) is 83.8 cm³/mol. The van der Waals surface area contributed by atoms with E-state index in [1.54, 1.807) is 6.92 Å². The number of amides is 2.